The van der Waals surface area contributed by atoms with Gasteiger partial charge in [0, 0.05) is 11.6 Å². The monoisotopic (exact) mass is 191 g/mol. The van der Waals surface area contributed by atoms with Gasteiger partial charge in [-0.1, -0.05) is 17.7 Å². The molecule has 66 valence electrons. The number of aromatic nitrogens is 1. The maximum Gasteiger partial charge on any atom is 0.129 e. The second kappa shape index (κ2) is 3.00. The number of halogens is 1. The summed E-state index contributed by atoms with van der Waals surface area (Å²) in [5.41, 5.74) is 2.58. The standard InChI is InChI=1S/C11H10ClN/c1-7-3-9-5-11(12)13-6-10(9)4-8(7)2/h3-6H,1-2H3. The van der Waals surface area contributed by atoms with Gasteiger partial charge in [-0.3, -0.25) is 0 Å². The number of benzene rings is 1. The van der Waals surface area contributed by atoms with Crippen molar-refractivity contribution < 1.29 is 0 Å². The summed E-state index contributed by atoms with van der Waals surface area (Å²) >= 11 is 5.80. The first-order valence-corrected chi connectivity index (χ1v) is 4.57. The molecule has 0 spiro atoms. The van der Waals surface area contributed by atoms with Crippen molar-refractivity contribution in [3.8, 4) is 0 Å². The van der Waals surface area contributed by atoms with E-state index >= 15 is 0 Å². The maximum atomic E-state index is 5.80. The number of fused-ring (bicyclic) bond motifs is 1. The Morgan fingerprint density at radius 3 is 2.31 bits per heavy atom. The van der Waals surface area contributed by atoms with E-state index in [9.17, 15) is 0 Å². The van der Waals surface area contributed by atoms with Gasteiger partial charge < -0.3 is 0 Å². The molecule has 0 aliphatic rings. The van der Waals surface area contributed by atoms with Crippen LogP contribution in [0.25, 0.3) is 10.8 Å². The molecule has 0 amide bonds. The van der Waals surface area contributed by atoms with Crippen LogP contribution in [-0.4, -0.2) is 4.98 Å². The number of hydrogen-bond donors (Lipinski definition) is 0. The highest BCUT2D eigenvalue weighted by Crippen LogP contribution is 2.20. The number of rotatable bonds is 0. The first-order chi connectivity index (χ1) is 6.16. The molecule has 0 radical (unpaired) electrons. The molecule has 0 bridgehead atoms. The Labute approximate surface area is 82.4 Å². The van der Waals surface area contributed by atoms with Gasteiger partial charge in [0.15, 0.2) is 0 Å². The first kappa shape index (κ1) is 8.52. The molecule has 0 atom stereocenters. The van der Waals surface area contributed by atoms with Gasteiger partial charge in [-0.15, -0.1) is 0 Å². The van der Waals surface area contributed by atoms with Crippen LogP contribution in [0.4, 0.5) is 0 Å². The molecule has 2 heteroatoms. The van der Waals surface area contributed by atoms with Crippen molar-refractivity contribution in [1.29, 1.82) is 0 Å². The van der Waals surface area contributed by atoms with E-state index < -0.39 is 0 Å². The summed E-state index contributed by atoms with van der Waals surface area (Å²) in [6, 6.07) is 6.16. The average Bonchev–Trinajstić information content (AvgIpc) is 2.08. The van der Waals surface area contributed by atoms with Crippen LogP contribution in [0.15, 0.2) is 24.4 Å². The van der Waals surface area contributed by atoms with Gasteiger partial charge in [0.25, 0.3) is 0 Å². The highest BCUT2D eigenvalue weighted by molar-refractivity contribution is 6.30. The molecule has 1 heterocycles. The third kappa shape index (κ3) is 1.52. The van der Waals surface area contributed by atoms with E-state index in [4.69, 9.17) is 11.6 Å². The second-order valence-corrected chi connectivity index (χ2v) is 3.68. The Balaban J connectivity index is 2.81. The summed E-state index contributed by atoms with van der Waals surface area (Å²) in [7, 11) is 0. The van der Waals surface area contributed by atoms with Crippen LogP contribution in [-0.2, 0) is 0 Å². The Hall–Kier alpha value is -1.08. The second-order valence-electron chi connectivity index (χ2n) is 3.29. The lowest BCUT2D eigenvalue weighted by molar-refractivity contribution is 1.33. The van der Waals surface area contributed by atoms with Crippen LogP contribution in [0, 0.1) is 13.8 Å². The summed E-state index contributed by atoms with van der Waals surface area (Å²) in [6.07, 6.45) is 1.81. The Morgan fingerprint density at radius 1 is 1.00 bits per heavy atom. The van der Waals surface area contributed by atoms with Gasteiger partial charge in [-0.05, 0) is 42.5 Å². The number of aryl methyl sites for hydroxylation is 2. The van der Waals surface area contributed by atoms with Crippen molar-refractivity contribution in [3.63, 3.8) is 0 Å². The molecular formula is C11H10ClN. The van der Waals surface area contributed by atoms with Crippen LogP contribution >= 0.6 is 11.6 Å². The minimum absolute atomic E-state index is 0.552. The molecule has 1 aromatic heterocycles. The van der Waals surface area contributed by atoms with Crippen molar-refractivity contribution in [2.45, 2.75) is 13.8 Å². The highest BCUT2D eigenvalue weighted by Gasteiger charge is 1.98. The van der Waals surface area contributed by atoms with Crippen molar-refractivity contribution in [1.82, 2.24) is 4.98 Å². The summed E-state index contributed by atoms with van der Waals surface area (Å²) in [6.45, 7) is 4.20. The van der Waals surface area contributed by atoms with Gasteiger partial charge >= 0.3 is 0 Å². The smallest absolute Gasteiger partial charge is 0.129 e. The van der Waals surface area contributed by atoms with Gasteiger partial charge in [0.1, 0.15) is 5.15 Å². The molecule has 0 unspecified atom stereocenters. The molecular weight excluding hydrogens is 182 g/mol. The van der Waals surface area contributed by atoms with Gasteiger partial charge in [-0.25, -0.2) is 4.98 Å². The predicted molar refractivity (Wildman–Crippen MR) is 56.2 cm³/mol. The van der Waals surface area contributed by atoms with E-state index in [0.717, 1.165) is 10.8 Å². The minimum Gasteiger partial charge on any atom is -0.244 e. The molecule has 0 aliphatic carbocycles. The van der Waals surface area contributed by atoms with E-state index in [-0.39, 0.29) is 0 Å². The molecule has 2 aromatic rings. The van der Waals surface area contributed by atoms with Crippen LogP contribution in [0.1, 0.15) is 11.1 Å². The van der Waals surface area contributed by atoms with E-state index in [0.29, 0.717) is 5.15 Å². The molecule has 0 saturated carbocycles. The van der Waals surface area contributed by atoms with E-state index in [1.54, 1.807) is 0 Å². The maximum absolute atomic E-state index is 5.80. The summed E-state index contributed by atoms with van der Waals surface area (Å²) in [5.74, 6) is 0. The highest BCUT2D eigenvalue weighted by atomic mass is 35.5. The SMILES string of the molecule is Cc1cc2cnc(Cl)cc2cc1C. The summed E-state index contributed by atoms with van der Waals surface area (Å²) in [5, 5.41) is 2.85. The van der Waals surface area contributed by atoms with Crippen molar-refractivity contribution in [2.75, 3.05) is 0 Å². The van der Waals surface area contributed by atoms with Crippen molar-refractivity contribution in [2.24, 2.45) is 0 Å². The lowest BCUT2D eigenvalue weighted by Gasteiger charge is -2.03. The molecule has 0 aliphatic heterocycles. The van der Waals surface area contributed by atoms with Crippen LogP contribution < -0.4 is 0 Å². The summed E-state index contributed by atoms with van der Waals surface area (Å²) < 4.78 is 0. The van der Waals surface area contributed by atoms with E-state index in [1.807, 2.05) is 12.3 Å². The Bertz CT molecular complexity index is 463. The third-order valence-electron chi connectivity index (χ3n) is 2.30. The fraction of sp³-hybridized carbons (Fsp3) is 0.182. The zero-order chi connectivity index (χ0) is 9.42. The number of pyridine rings is 1. The van der Waals surface area contributed by atoms with Gasteiger partial charge in [0.2, 0.25) is 0 Å². The number of nitrogens with zero attached hydrogens (tertiary/aromatic N) is 1. The molecule has 0 saturated heterocycles. The molecule has 1 aromatic carbocycles. The predicted octanol–water partition coefficient (Wildman–Crippen LogP) is 3.51. The minimum atomic E-state index is 0.552. The van der Waals surface area contributed by atoms with E-state index in [2.05, 4.69) is 31.0 Å². The molecule has 2 rings (SSSR count). The summed E-state index contributed by atoms with van der Waals surface area (Å²) in [4.78, 5) is 4.04. The molecule has 0 N–H and O–H groups in total. The zero-order valence-corrected chi connectivity index (χ0v) is 8.39. The van der Waals surface area contributed by atoms with Crippen LogP contribution in [0.3, 0.4) is 0 Å². The fourth-order valence-electron chi connectivity index (χ4n) is 1.39. The van der Waals surface area contributed by atoms with Crippen LogP contribution in [0.5, 0.6) is 0 Å². The Morgan fingerprint density at radius 2 is 1.62 bits per heavy atom. The quantitative estimate of drug-likeness (QED) is 0.581. The topological polar surface area (TPSA) is 12.9 Å². The first-order valence-electron chi connectivity index (χ1n) is 4.19. The molecule has 1 nitrogen and oxygen atoms in total. The normalized spacial score (nSPS) is 10.7. The molecule has 13 heavy (non-hydrogen) atoms. The lowest BCUT2D eigenvalue weighted by atomic mass is 10.0. The largest absolute Gasteiger partial charge is 0.244 e. The zero-order valence-electron chi connectivity index (χ0n) is 7.63. The molecule has 0 fully saturated rings. The van der Waals surface area contributed by atoms with Crippen molar-refractivity contribution >= 4 is 22.4 Å². The van der Waals surface area contributed by atoms with Gasteiger partial charge in [0.05, 0.1) is 0 Å². The Kier molecular flexibility index (Phi) is 1.97. The lowest BCUT2D eigenvalue weighted by Crippen LogP contribution is -1.83. The average molecular weight is 192 g/mol. The third-order valence-corrected chi connectivity index (χ3v) is 2.51. The van der Waals surface area contributed by atoms with E-state index in [1.165, 1.54) is 11.1 Å². The fourth-order valence-corrected chi connectivity index (χ4v) is 1.56. The van der Waals surface area contributed by atoms with Crippen molar-refractivity contribution in [3.05, 3.63) is 40.7 Å². The number of hydrogen-bond acceptors (Lipinski definition) is 1. The van der Waals surface area contributed by atoms with Crippen LogP contribution in [0.2, 0.25) is 5.15 Å². The van der Waals surface area contributed by atoms with Gasteiger partial charge in [-0.2, -0.15) is 0 Å².